The van der Waals surface area contributed by atoms with Crippen LogP contribution in [0.4, 0.5) is 4.79 Å². The normalized spacial score (nSPS) is 11.5. The number of nitrogens with zero attached hydrogens (tertiary/aromatic N) is 1. The van der Waals surface area contributed by atoms with Crippen LogP contribution in [-0.2, 0) is 4.79 Å². The highest BCUT2D eigenvalue weighted by Gasteiger charge is 2.35. The molecule has 0 bridgehead atoms. The Morgan fingerprint density at radius 2 is 1.74 bits per heavy atom. The number of carbonyl (C=O) groups is 2. The van der Waals surface area contributed by atoms with Crippen molar-refractivity contribution in [3.8, 4) is 0 Å². The van der Waals surface area contributed by atoms with Gasteiger partial charge in [-0.15, -0.1) is 0 Å². The Bertz CT molecular complexity index is 299. The lowest BCUT2D eigenvalue weighted by Crippen LogP contribution is -2.48. The summed E-state index contributed by atoms with van der Waals surface area (Å²) in [6, 6.07) is -0.177. The molecule has 0 fully saturated rings. The van der Waals surface area contributed by atoms with Crippen molar-refractivity contribution in [1.82, 2.24) is 10.2 Å². The van der Waals surface area contributed by atoms with Crippen molar-refractivity contribution in [2.75, 3.05) is 19.6 Å². The summed E-state index contributed by atoms with van der Waals surface area (Å²) in [6.45, 7) is 11.2. The van der Waals surface area contributed by atoms with Gasteiger partial charge in [-0.05, 0) is 25.7 Å². The molecule has 2 amide bonds. The Morgan fingerprint density at radius 3 is 2.05 bits per heavy atom. The first-order valence-corrected chi connectivity index (χ1v) is 7.09. The number of carboxylic acids is 1. The van der Waals surface area contributed by atoms with Crippen LogP contribution in [0.15, 0.2) is 0 Å². The minimum absolute atomic E-state index is 0.177. The number of amides is 2. The zero-order valence-corrected chi connectivity index (χ0v) is 12.8. The van der Waals surface area contributed by atoms with Crippen molar-refractivity contribution >= 4 is 12.0 Å². The average Bonchev–Trinajstić information content (AvgIpc) is 2.36. The SMILES string of the molecule is CCN(CC(C)C)C(=O)NCC(CC)(CC)C(=O)O. The van der Waals surface area contributed by atoms with E-state index >= 15 is 0 Å². The molecule has 0 heterocycles. The van der Waals surface area contributed by atoms with E-state index in [0.717, 1.165) is 0 Å². The molecule has 5 nitrogen and oxygen atoms in total. The van der Waals surface area contributed by atoms with Gasteiger partial charge >= 0.3 is 12.0 Å². The predicted molar refractivity (Wildman–Crippen MR) is 76.1 cm³/mol. The summed E-state index contributed by atoms with van der Waals surface area (Å²) in [5.74, 6) is -0.447. The van der Waals surface area contributed by atoms with Crippen LogP contribution in [0.3, 0.4) is 0 Å². The average molecular weight is 272 g/mol. The monoisotopic (exact) mass is 272 g/mol. The van der Waals surface area contributed by atoms with Gasteiger partial charge in [-0.3, -0.25) is 4.79 Å². The first-order chi connectivity index (χ1) is 8.82. The molecule has 2 N–H and O–H groups in total. The second kappa shape index (κ2) is 8.02. The lowest BCUT2D eigenvalue weighted by Gasteiger charge is -2.29. The Hall–Kier alpha value is -1.26. The van der Waals surface area contributed by atoms with E-state index in [-0.39, 0.29) is 12.6 Å². The van der Waals surface area contributed by atoms with Crippen molar-refractivity contribution in [2.24, 2.45) is 11.3 Å². The van der Waals surface area contributed by atoms with Crippen molar-refractivity contribution in [3.05, 3.63) is 0 Å². The van der Waals surface area contributed by atoms with Crippen molar-refractivity contribution in [3.63, 3.8) is 0 Å². The molecule has 0 unspecified atom stereocenters. The summed E-state index contributed by atoms with van der Waals surface area (Å²) in [6.07, 6.45) is 1.02. The molecule has 19 heavy (non-hydrogen) atoms. The van der Waals surface area contributed by atoms with Crippen LogP contribution in [0.1, 0.15) is 47.5 Å². The first-order valence-electron chi connectivity index (χ1n) is 7.09. The highest BCUT2D eigenvalue weighted by atomic mass is 16.4. The van der Waals surface area contributed by atoms with Crippen LogP contribution in [-0.4, -0.2) is 41.6 Å². The predicted octanol–water partition coefficient (Wildman–Crippen LogP) is 2.56. The van der Waals surface area contributed by atoms with Gasteiger partial charge < -0.3 is 15.3 Å². The minimum Gasteiger partial charge on any atom is -0.481 e. The summed E-state index contributed by atoms with van der Waals surface area (Å²) >= 11 is 0. The van der Waals surface area contributed by atoms with Gasteiger partial charge in [0.1, 0.15) is 0 Å². The summed E-state index contributed by atoms with van der Waals surface area (Å²) < 4.78 is 0. The number of hydrogen-bond acceptors (Lipinski definition) is 2. The Morgan fingerprint density at radius 1 is 1.21 bits per heavy atom. The molecule has 0 aliphatic heterocycles. The van der Waals surface area contributed by atoms with Gasteiger partial charge in [0.15, 0.2) is 0 Å². The molecule has 0 rings (SSSR count). The van der Waals surface area contributed by atoms with Crippen molar-refractivity contribution in [2.45, 2.75) is 47.5 Å². The molecule has 0 aliphatic rings. The zero-order chi connectivity index (χ0) is 15.1. The lowest BCUT2D eigenvalue weighted by atomic mass is 9.82. The van der Waals surface area contributed by atoms with Crippen molar-refractivity contribution in [1.29, 1.82) is 0 Å². The van der Waals surface area contributed by atoms with E-state index in [0.29, 0.717) is 31.8 Å². The third-order valence-electron chi connectivity index (χ3n) is 3.64. The molecule has 0 aromatic carbocycles. The number of hydrogen-bond donors (Lipinski definition) is 2. The van der Waals surface area contributed by atoms with Gasteiger partial charge in [0.25, 0.3) is 0 Å². The fourth-order valence-corrected chi connectivity index (χ4v) is 2.03. The fraction of sp³-hybridized carbons (Fsp3) is 0.857. The number of urea groups is 1. The summed E-state index contributed by atoms with van der Waals surface area (Å²) in [5, 5.41) is 12.1. The molecule has 0 aliphatic carbocycles. The summed E-state index contributed by atoms with van der Waals surface area (Å²) in [4.78, 5) is 25.1. The standard InChI is InChI=1S/C14H28N2O3/c1-6-14(7-2,12(17)18)10-15-13(19)16(8-3)9-11(4)5/h11H,6-10H2,1-5H3,(H,15,19)(H,17,18). The van der Waals surface area contributed by atoms with E-state index in [9.17, 15) is 14.7 Å². The summed E-state index contributed by atoms with van der Waals surface area (Å²) in [5.41, 5.74) is -0.854. The van der Waals surface area contributed by atoms with Gasteiger partial charge in [0.2, 0.25) is 0 Å². The molecule has 5 heteroatoms. The zero-order valence-electron chi connectivity index (χ0n) is 12.8. The quantitative estimate of drug-likeness (QED) is 0.713. The van der Waals surface area contributed by atoms with Gasteiger partial charge in [0, 0.05) is 19.6 Å². The van der Waals surface area contributed by atoms with Crippen LogP contribution in [0.25, 0.3) is 0 Å². The second-order valence-electron chi connectivity index (χ2n) is 5.38. The third-order valence-corrected chi connectivity index (χ3v) is 3.64. The van der Waals surface area contributed by atoms with Crippen LogP contribution in [0.2, 0.25) is 0 Å². The van der Waals surface area contributed by atoms with Gasteiger partial charge in [-0.1, -0.05) is 27.7 Å². The van der Waals surface area contributed by atoms with E-state index in [1.54, 1.807) is 4.90 Å². The van der Waals surface area contributed by atoms with E-state index in [1.807, 2.05) is 20.8 Å². The maximum atomic E-state index is 12.0. The number of carbonyl (C=O) groups excluding carboxylic acids is 1. The minimum atomic E-state index is -0.854. The molecular weight excluding hydrogens is 244 g/mol. The van der Waals surface area contributed by atoms with E-state index in [4.69, 9.17) is 0 Å². The van der Waals surface area contributed by atoms with Crippen LogP contribution < -0.4 is 5.32 Å². The maximum absolute atomic E-state index is 12.0. The van der Waals surface area contributed by atoms with Crippen LogP contribution >= 0.6 is 0 Å². The fourth-order valence-electron chi connectivity index (χ4n) is 2.03. The Kier molecular flexibility index (Phi) is 7.49. The van der Waals surface area contributed by atoms with Gasteiger partial charge in [-0.2, -0.15) is 0 Å². The molecule has 0 radical (unpaired) electrons. The van der Waals surface area contributed by atoms with Gasteiger partial charge in [-0.25, -0.2) is 4.79 Å². The smallest absolute Gasteiger partial charge is 0.317 e. The van der Waals surface area contributed by atoms with Crippen LogP contribution in [0.5, 0.6) is 0 Å². The number of rotatable bonds is 8. The summed E-state index contributed by atoms with van der Waals surface area (Å²) in [7, 11) is 0. The molecule has 0 aromatic rings. The Labute approximate surface area is 116 Å². The van der Waals surface area contributed by atoms with Crippen LogP contribution in [0, 0.1) is 11.3 Å². The Balaban J connectivity index is 4.59. The first kappa shape index (κ1) is 17.7. The number of aliphatic carboxylic acids is 1. The highest BCUT2D eigenvalue weighted by Crippen LogP contribution is 2.25. The molecular formula is C14H28N2O3. The molecule has 112 valence electrons. The van der Waals surface area contributed by atoms with E-state index in [2.05, 4.69) is 19.2 Å². The molecule has 0 saturated carbocycles. The third kappa shape index (κ3) is 5.09. The highest BCUT2D eigenvalue weighted by molar-refractivity contribution is 5.78. The topological polar surface area (TPSA) is 69.6 Å². The molecule has 0 saturated heterocycles. The molecule has 0 spiro atoms. The molecule has 0 aromatic heterocycles. The maximum Gasteiger partial charge on any atom is 0.317 e. The largest absolute Gasteiger partial charge is 0.481 e. The second-order valence-corrected chi connectivity index (χ2v) is 5.38. The lowest BCUT2D eigenvalue weighted by molar-refractivity contribution is -0.149. The van der Waals surface area contributed by atoms with E-state index < -0.39 is 11.4 Å². The number of nitrogens with one attached hydrogen (secondary N) is 1. The van der Waals surface area contributed by atoms with Gasteiger partial charge in [0.05, 0.1) is 5.41 Å². The van der Waals surface area contributed by atoms with E-state index in [1.165, 1.54) is 0 Å². The molecule has 0 atom stereocenters. The van der Waals surface area contributed by atoms with Crippen molar-refractivity contribution < 1.29 is 14.7 Å². The number of carboxylic acid groups (broad SMARTS) is 1.